The van der Waals surface area contributed by atoms with Gasteiger partial charge in [-0.2, -0.15) is 0 Å². The summed E-state index contributed by atoms with van der Waals surface area (Å²) >= 11 is 1.65. The van der Waals surface area contributed by atoms with Crippen molar-refractivity contribution < 1.29 is 19.2 Å². The minimum absolute atomic E-state index is 0.0336. The minimum Gasteiger partial charge on any atom is -0.324 e. The monoisotopic (exact) mass is 366 g/mol. The number of imide groups is 1. The van der Waals surface area contributed by atoms with Crippen LogP contribution in [0.4, 0.5) is 4.79 Å². The van der Waals surface area contributed by atoms with E-state index >= 15 is 0 Å². The average molecular weight is 366 g/mol. The predicted molar refractivity (Wildman–Crippen MR) is 92.5 cm³/mol. The molecule has 0 spiro atoms. The molecule has 0 aliphatic carbocycles. The second kappa shape index (κ2) is 8.11. The molecular weight excluding hydrogens is 344 g/mol. The molecule has 0 saturated carbocycles. The maximum atomic E-state index is 12.0. The van der Waals surface area contributed by atoms with Gasteiger partial charge in [-0.05, 0) is 38.1 Å². The van der Waals surface area contributed by atoms with Crippen LogP contribution in [0.1, 0.15) is 38.0 Å². The highest BCUT2D eigenvalue weighted by molar-refractivity contribution is 7.09. The zero-order valence-corrected chi connectivity index (χ0v) is 15.1. The molecule has 0 radical (unpaired) electrons. The number of nitrogens with one attached hydrogen (secondary N) is 3. The number of amides is 5. The van der Waals surface area contributed by atoms with Crippen molar-refractivity contribution >= 4 is 35.1 Å². The Morgan fingerprint density at radius 1 is 1.20 bits per heavy atom. The maximum absolute atomic E-state index is 12.0. The summed E-state index contributed by atoms with van der Waals surface area (Å²) in [5.74, 6) is -1.11. The molecule has 5 amide bonds. The van der Waals surface area contributed by atoms with Gasteiger partial charge in [0.1, 0.15) is 5.54 Å². The third-order valence-corrected chi connectivity index (χ3v) is 4.69. The second-order valence-electron chi connectivity index (χ2n) is 6.29. The van der Waals surface area contributed by atoms with E-state index in [1.807, 2.05) is 17.5 Å². The molecule has 25 heavy (non-hydrogen) atoms. The molecule has 1 saturated heterocycles. The zero-order valence-electron chi connectivity index (χ0n) is 14.3. The van der Waals surface area contributed by atoms with Gasteiger partial charge in [0.2, 0.25) is 11.8 Å². The summed E-state index contributed by atoms with van der Waals surface area (Å²) in [6.45, 7) is 3.17. The maximum Gasteiger partial charge on any atom is 0.325 e. The summed E-state index contributed by atoms with van der Waals surface area (Å²) in [5.41, 5.74) is 3.68. The molecule has 0 aromatic carbocycles. The molecule has 3 N–H and O–H groups in total. The third kappa shape index (κ3) is 5.28. The van der Waals surface area contributed by atoms with Crippen LogP contribution in [0.3, 0.4) is 0 Å². The van der Waals surface area contributed by atoms with E-state index in [0.717, 1.165) is 11.3 Å². The van der Waals surface area contributed by atoms with Gasteiger partial charge < -0.3 is 5.32 Å². The standard InChI is InChI=1S/C16H22N4O4S/c1-16(2)14(23)20(15(24)17-16)9-8-13(22)19-18-12(21)7-3-5-11-6-4-10-25-11/h4,6,10H,3,5,7-9H2,1-2H3,(H,17,24)(H,18,21)(H,19,22). The van der Waals surface area contributed by atoms with Crippen molar-refractivity contribution in [2.45, 2.75) is 45.1 Å². The fourth-order valence-electron chi connectivity index (χ4n) is 2.38. The number of hydrogen-bond acceptors (Lipinski definition) is 5. The number of carbonyl (C=O) groups is 4. The average Bonchev–Trinajstić information content (AvgIpc) is 3.11. The van der Waals surface area contributed by atoms with Crippen LogP contribution in [0.2, 0.25) is 0 Å². The largest absolute Gasteiger partial charge is 0.325 e. The van der Waals surface area contributed by atoms with Crippen LogP contribution in [0.25, 0.3) is 0 Å². The molecule has 0 bridgehead atoms. The van der Waals surface area contributed by atoms with Crippen molar-refractivity contribution in [2.24, 2.45) is 0 Å². The normalized spacial score (nSPS) is 15.8. The Kier molecular flexibility index (Phi) is 6.13. The summed E-state index contributed by atoms with van der Waals surface area (Å²) in [4.78, 5) is 49.3. The minimum atomic E-state index is -0.954. The van der Waals surface area contributed by atoms with Crippen molar-refractivity contribution in [3.63, 3.8) is 0 Å². The summed E-state index contributed by atoms with van der Waals surface area (Å²) in [7, 11) is 0. The summed E-state index contributed by atoms with van der Waals surface area (Å²) in [6, 6.07) is 3.47. The van der Waals surface area contributed by atoms with Crippen LogP contribution < -0.4 is 16.2 Å². The lowest BCUT2D eigenvalue weighted by Gasteiger charge is -2.15. The van der Waals surface area contributed by atoms with Crippen LogP contribution in [-0.2, 0) is 20.8 Å². The van der Waals surface area contributed by atoms with Gasteiger partial charge in [-0.3, -0.25) is 30.1 Å². The lowest BCUT2D eigenvalue weighted by atomic mass is 10.1. The van der Waals surface area contributed by atoms with Crippen LogP contribution in [-0.4, -0.2) is 40.7 Å². The molecule has 136 valence electrons. The first-order valence-electron chi connectivity index (χ1n) is 8.04. The fourth-order valence-corrected chi connectivity index (χ4v) is 3.13. The van der Waals surface area contributed by atoms with E-state index in [2.05, 4.69) is 16.2 Å². The number of carbonyl (C=O) groups excluding carboxylic acids is 4. The first kappa shape index (κ1) is 18.9. The topological polar surface area (TPSA) is 108 Å². The van der Waals surface area contributed by atoms with E-state index in [4.69, 9.17) is 0 Å². The lowest BCUT2D eigenvalue weighted by molar-refractivity contribution is -0.132. The predicted octanol–water partition coefficient (Wildman–Crippen LogP) is 0.939. The highest BCUT2D eigenvalue weighted by Crippen LogP contribution is 2.16. The van der Waals surface area contributed by atoms with E-state index in [0.29, 0.717) is 12.8 Å². The highest BCUT2D eigenvalue weighted by Gasteiger charge is 2.43. The van der Waals surface area contributed by atoms with E-state index in [1.165, 1.54) is 4.88 Å². The zero-order chi connectivity index (χ0) is 18.4. The molecule has 2 heterocycles. The van der Waals surface area contributed by atoms with Crippen LogP contribution in [0, 0.1) is 0 Å². The van der Waals surface area contributed by atoms with Gasteiger partial charge in [0, 0.05) is 24.3 Å². The molecule has 1 aliphatic rings. The number of hydrazine groups is 1. The highest BCUT2D eigenvalue weighted by atomic mass is 32.1. The lowest BCUT2D eigenvalue weighted by Crippen LogP contribution is -2.44. The first-order valence-corrected chi connectivity index (χ1v) is 8.92. The molecule has 1 aromatic heterocycles. The van der Waals surface area contributed by atoms with Gasteiger partial charge in [0.25, 0.3) is 5.91 Å². The molecule has 1 fully saturated rings. The van der Waals surface area contributed by atoms with Crippen molar-refractivity contribution in [2.75, 3.05) is 6.54 Å². The SMILES string of the molecule is CC1(C)NC(=O)N(CCC(=O)NNC(=O)CCCc2cccs2)C1=O. The Morgan fingerprint density at radius 3 is 2.44 bits per heavy atom. The Bertz CT molecular complexity index is 657. The first-order chi connectivity index (χ1) is 11.8. The number of nitrogens with zero attached hydrogens (tertiary/aromatic N) is 1. The van der Waals surface area contributed by atoms with Gasteiger partial charge in [-0.1, -0.05) is 6.07 Å². The van der Waals surface area contributed by atoms with Gasteiger partial charge >= 0.3 is 6.03 Å². The smallest absolute Gasteiger partial charge is 0.324 e. The third-order valence-electron chi connectivity index (χ3n) is 3.76. The van der Waals surface area contributed by atoms with Gasteiger partial charge in [-0.15, -0.1) is 11.3 Å². The van der Waals surface area contributed by atoms with E-state index < -0.39 is 17.5 Å². The Hall–Kier alpha value is -2.42. The van der Waals surface area contributed by atoms with Gasteiger partial charge in [-0.25, -0.2) is 4.79 Å². The summed E-state index contributed by atoms with van der Waals surface area (Å²) in [6.07, 6.45) is 1.74. The Balaban J connectivity index is 1.63. The second-order valence-corrected chi connectivity index (χ2v) is 7.32. The summed E-state index contributed by atoms with van der Waals surface area (Å²) in [5, 5.41) is 4.53. The quantitative estimate of drug-likeness (QED) is 0.493. The number of thiophene rings is 1. The van der Waals surface area contributed by atoms with Crippen molar-refractivity contribution in [3.05, 3.63) is 22.4 Å². The molecule has 9 heteroatoms. The van der Waals surface area contributed by atoms with Gasteiger partial charge in [0.05, 0.1) is 0 Å². The molecule has 0 atom stereocenters. The van der Waals surface area contributed by atoms with E-state index in [1.54, 1.807) is 25.2 Å². The van der Waals surface area contributed by atoms with Crippen molar-refractivity contribution in [1.82, 2.24) is 21.1 Å². The van der Waals surface area contributed by atoms with Gasteiger partial charge in [0.15, 0.2) is 0 Å². The van der Waals surface area contributed by atoms with Crippen LogP contribution in [0.15, 0.2) is 17.5 Å². The van der Waals surface area contributed by atoms with Crippen LogP contribution >= 0.6 is 11.3 Å². The van der Waals surface area contributed by atoms with Crippen molar-refractivity contribution in [1.29, 1.82) is 0 Å². The Labute approximate surface area is 149 Å². The molecule has 1 aliphatic heterocycles. The fraction of sp³-hybridized carbons (Fsp3) is 0.500. The number of rotatable bonds is 7. The molecule has 1 aromatic rings. The molecular formula is C16H22N4O4S. The molecule has 8 nitrogen and oxygen atoms in total. The molecule has 2 rings (SSSR count). The van der Waals surface area contributed by atoms with E-state index in [9.17, 15) is 19.2 Å². The number of aryl methyl sites for hydroxylation is 1. The molecule has 0 unspecified atom stereocenters. The Morgan fingerprint density at radius 2 is 1.88 bits per heavy atom. The number of urea groups is 1. The summed E-state index contributed by atoms with van der Waals surface area (Å²) < 4.78 is 0. The van der Waals surface area contributed by atoms with Crippen LogP contribution in [0.5, 0.6) is 0 Å². The van der Waals surface area contributed by atoms with Crippen molar-refractivity contribution in [3.8, 4) is 0 Å². The van der Waals surface area contributed by atoms with E-state index in [-0.39, 0.29) is 24.8 Å². The number of hydrogen-bond donors (Lipinski definition) is 3.